The third-order valence-corrected chi connectivity index (χ3v) is 3.22. The molecule has 1 aliphatic rings. The van der Waals surface area contributed by atoms with E-state index in [-0.39, 0.29) is 6.04 Å². The summed E-state index contributed by atoms with van der Waals surface area (Å²) < 4.78 is 0. The van der Waals surface area contributed by atoms with Crippen LogP contribution in [0.25, 0.3) is 0 Å². The van der Waals surface area contributed by atoms with E-state index >= 15 is 0 Å². The molecule has 4 heteroatoms. The van der Waals surface area contributed by atoms with Gasteiger partial charge in [-0.1, -0.05) is 0 Å². The zero-order valence-electron chi connectivity index (χ0n) is 9.78. The molecule has 4 nitrogen and oxygen atoms in total. The predicted molar refractivity (Wildman–Crippen MR) is 66.3 cm³/mol. The van der Waals surface area contributed by atoms with Gasteiger partial charge in [-0.05, 0) is 31.5 Å². The van der Waals surface area contributed by atoms with Crippen molar-refractivity contribution >= 4 is 0 Å². The summed E-state index contributed by atoms with van der Waals surface area (Å²) in [5.41, 5.74) is 7.25. The van der Waals surface area contributed by atoms with E-state index in [4.69, 9.17) is 5.73 Å². The average molecular weight is 222 g/mol. The molecule has 0 bridgehead atoms. The van der Waals surface area contributed by atoms with Crippen LogP contribution in [-0.2, 0) is 0 Å². The van der Waals surface area contributed by atoms with Gasteiger partial charge in [0.05, 0.1) is 0 Å². The van der Waals surface area contributed by atoms with E-state index < -0.39 is 0 Å². The van der Waals surface area contributed by atoms with Gasteiger partial charge in [-0.25, -0.2) is 0 Å². The lowest BCUT2D eigenvalue weighted by Gasteiger charge is -2.27. The Morgan fingerprint density at radius 1 is 1.38 bits per heavy atom. The maximum atomic E-state index is 6.09. The number of aromatic amines is 1. The minimum absolute atomic E-state index is 0.165. The van der Waals surface area contributed by atoms with E-state index in [0.717, 1.165) is 25.2 Å². The maximum absolute atomic E-state index is 6.09. The Morgan fingerprint density at radius 3 is 2.88 bits per heavy atom. The zero-order chi connectivity index (χ0) is 11.2. The molecule has 0 aromatic carbocycles. The number of nitrogens with zero attached hydrogens (tertiary/aromatic N) is 1. The number of nitrogens with one attached hydrogen (secondary N) is 2. The largest absolute Gasteiger partial charge is 0.364 e. The number of H-pyrrole nitrogens is 1. The Hall–Kier alpha value is -0.840. The van der Waals surface area contributed by atoms with Crippen LogP contribution in [0, 0.1) is 0 Å². The van der Waals surface area contributed by atoms with Crippen molar-refractivity contribution in [3.05, 3.63) is 24.0 Å². The van der Waals surface area contributed by atoms with Crippen molar-refractivity contribution in [3.63, 3.8) is 0 Å². The highest BCUT2D eigenvalue weighted by Gasteiger charge is 2.10. The van der Waals surface area contributed by atoms with Gasteiger partial charge < -0.3 is 20.9 Å². The molecule has 1 saturated heterocycles. The molecule has 2 rings (SSSR count). The van der Waals surface area contributed by atoms with Crippen molar-refractivity contribution in [1.29, 1.82) is 0 Å². The molecule has 0 amide bonds. The summed E-state index contributed by atoms with van der Waals surface area (Å²) in [7, 11) is 0. The number of piperazine rings is 1. The van der Waals surface area contributed by atoms with E-state index in [2.05, 4.69) is 21.3 Å². The smallest absolute Gasteiger partial charge is 0.0448 e. The summed E-state index contributed by atoms with van der Waals surface area (Å²) in [5, 5.41) is 3.36. The quantitative estimate of drug-likeness (QED) is 0.687. The van der Waals surface area contributed by atoms with Crippen LogP contribution in [0.1, 0.15) is 24.6 Å². The maximum Gasteiger partial charge on any atom is 0.0448 e. The van der Waals surface area contributed by atoms with E-state index in [9.17, 15) is 0 Å². The van der Waals surface area contributed by atoms with Crippen LogP contribution in [-0.4, -0.2) is 42.6 Å². The highest BCUT2D eigenvalue weighted by molar-refractivity contribution is 5.08. The van der Waals surface area contributed by atoms with Crippen molar-refractivity contribution in [2.75, 3.05) is 32.7 Å². The van der Waals surface area contributed by atoms with Gasteiger partial charge in [0.2, 0.25) is 0 Å². The molecule has 1 aliphatic heterocycles. The lowest BCUT2D eigenvalue weighted by Crippen LogP contribution is -2.43. The summed E-state index contributed by atoms with van der Waals surface area (Å²) in [5.74, 6) is 0. The molecule has 16 heavy (non-hydrogen) atoms. The first-order chi connectivity index (χ1) is 7.86. The molecule has 0 spiro atoms. The fourth-order valence-corrected chi connectivity index (χ4v) is 2.20. The van der Waals surface area contributed by atoms with Crippen LogP contribution in [0.15, 0.2) is 18.3 Å². The topological polar surface area (TPSA) is 57.1 Å². The first-order valence-electron chi connectivity index (χ1n) is 6.18. The fraction of sp³-hybridized carbons (Fsp3) is 0.667. The summed E-state index contributed by atoms with van der Waals surface area (Å²) in [6.07, 6.45) is 4.18. The molecule has 90 valence electrons. The Kier molecular flexibility index (Phi) is 4.39. The normalized spacial score (nSPS) is 19.8. The highest BCUT2D eigenvalue weighted by Crippen LogP contribution is 2.13. The van der Waals surface area contributed by atoms with Crippen LogP contribution in [0.2, 0.25) is 0 Å². The van der Waals surface area contributed by atoms with Gasteiger partial charge in [0, 0.05) is 44.1 Å². The minimum atomic E-state index is 0.165. The van der Waals surface area contributed by atoms with Gasteiger partial charge in [0.25, 0.3) is 0 Å². The molecule has 1 unspecified atom stereocenters. The molecule has 0 aliphatic carbocycles. The van der Waals surface area contributed by atoms with E-state index in [1.807, 2.05) is 12.3 Å². The van der Waals surface area contributed by atoms with Crippen molar-refractivity contribution in [1.82, 2.24) is 15.2 Å². The zero-order valence-corrected chi connectivity index (χ0v) is 9.78. The summed E-state index contributed by atoms with van der Waals surface area (Å²) in [6.45, 7) is 5.79. The molecule has 1 atom stereocenters. The van der Waals surface area contributed by atoms with Crippen LogP contribution >= 0.6 is 0 Å². The molecule has 0 radical (unpaired) electrons. The lowest BCUT2D eigenvalue weighted by atomic mass is 10.1. The second-order valence-corrected chi connectivity index (χ2v) is 4.47. The monoisotopic (exact) mass is 222 g/mol. The van der Waals surface area contributed by atoms with Crippen LogP contribution in [0.4, 0.5) is 0 Å². The summed E-state index contributed by atoms with van der Waals surface area (Å²) in [6, 6.07) is 4.24. The molecular formula is C12H22N4. The second-order valence-electron chi connectivity index (χ2n) is 4.47. The van der Waals surface area contributed by atoms with Crippen molar-refractivity contribution in [3.8, 4) is 0 Å². The first kappa shape index (κ1) is 11.6. The predicted octanol–water partition coefficient (Wildman–Crippen LogP) is 0.700. The Morgan fingerprint density at radius 2 is 2.19 bits per heavy atom. The number of rotatable bonds is 5. The van der Waals surface area contributed by atoms with Gasteiger partial charge >= 0.3 is 0 Å². The number of aromatic nitrogens is 1. The van der Waals surface area contributed by atoms with E-state index in [1.54, 1.807) is 0 Å². The van der Waals surface area contributed by atoms with Crippen LogP contribution < -0.4 is 11.1 Å². The Bertz CT molecular complexity index is 277. The third kappa shape index (κ3) is 3.33. The van der Waals surface area contributed by atoms with Gasteiger partial charge in [-0.2, -0.15) is 0 Å². The Balaban J connectivity index is 1.63. The van der Waals surface area contributed by atoms with Gasteiger partial charge in [-0.15, -0.1) is 0 Å². The molecule has 1 fully saturated rings. The van der Waals surface area contributed by atoms with Crippen molar-refractivity contribution in [2.45, 2.75) is 18.9 Å². The molecule has 1 aromatic heterocycles. The highest BCUT2D eigenvalue weighted by atomic mass is 15.2. The lowest BCUT2D eigenvalue weighted by molar-refractivity contribution is 0.234. The average Bonchev–Trinajstić information content (AvgIpc) is 2.84. The summed E-state index contributed by atoms with van der Waals surface area (Å²) in [4.78, 5) is 5.69. The molecular weight excluding hydrogens is 200 g/mol. The van der Waals surface area contributed by atoms with Gasteiger partial charge in [-0.3, -0.25) is 0 Å². The van der Waals surface area contributed by atoms with E-state index in [0.29, 0.717) is 0 Å². The number of nitrogens with two attached hydrogens (primary N) is 1. The van der Waals surface area contributed by atoms with E-state index in [1.165, 1.54) is 26.1 Å². The van der Waals surface area contributed by atoms with Gasteiger partial charge in [0.15, 0.2) is 0 Å². The summed E-state index contributed by atoms with van der Waals surface area (Å²) >= 11 is 0. The number of hydrogen-bond acceptors (Lipinski definition) is 3. The third-order valence-electron chi connectivity index (χ3n) is 3.22. The van der Waals surface area contributed by atoms with Crippen molar-refractivity contribution in [2.24, 2.45) is 5.73 Å². The minimum Gasteiger partial charge on any atom is -0.364 e. The van der Waals surface area contributed by atoms with Crippen molar-refractivity contribution < 1.29 is 0 Å². The SMILES string of the molecule is NC(CCCN1CCNCC1)c1ccc[nH]1. The van der Waals surface area contributed by atoms with Crippen LogP contribution in [0.5, 0.6) is 0 Å². The Labute approximate surface area is 97.2 Å². The first-order valence-corrected chi connectivity index (χ1v) is 6.18. The standard InChI is InChI=1S/C12H22N4/c13-11(12-4-1-5-15-12)3-2-8-16-9-6-14-7-10-16/h1,4-5,11,14-15H,2-3,6-10,13H2. The second kappa shape index (κ2) is 6.03. The molecule has 0 saturated carbocycles. The molecule has 1 aromatic rings. The van der Waals surface area contributed by atoms with Gasteiger partial charge in [0.1, 0.15) is 0 Å². The van der Waals surface area contributed by atoms with Crippen LogP contribution in [0.3, 0.4) is 0 Å². The number of hydrogen-bond donors (Lipinski definition) is 3. The fourth-order valence-electron chi connectivity index (χ4n) is 2.20. The molecule has 4 N–H and O–H groups in total. The molecule has 2 heterocycles.